The number of ether oxygens (including phenoxy) is 1. The van der Waals surface area contributed by atoms with Crippen LogP contribution in [0.15, 0.2) is 34.1 Å². The molecule has 1 N–H and O–H groups in total. The van der Waals surface area contributed by atoms with E-state index in [2.05, 4.69) is 17.6 Å². The molecule has 2 rings (SSSR count). The molecule has 1 aromatic carbocycles. The quantitative estimate of drug-likeness (QED) is 0.826. The maximum absolute atomic E-state index is 11.8. The predicted molar refractivity (Wildman–Crippen MR) is 75.7 cm³/mol. The number of rotatable bonds is 2. The molecule has 0 aliphatic carbocycles. The van der Waals surface area contributed by atoms with Crippen LogP contribution in [0.5, 0.6) is 5.75 Å². The molecule has 0 saturated carbocycles. The highest BCUT2D eigenvalue weighted by Gasteiger charge is 2.17. The summed E-state index contributed by atoms with van der Waals surface area (Å²) in [5, 5.41) is 18.5. The van der Waals surface area contributed by atoms with Crippen LogP contribution >= 0.6 is 12.6 Å². The molecule has 0 atom stereocenters. The van der Waals surface area contributed by atoms with Crippen molar-refractivity contribution in [1.82, 2.24) is 4.98 Å². The van der Waals surface area contributed by atoms with Crippen molar-refractivity contribution in [2.24, 2.45) is 0 Å². The summed E-state index contributed by atoms with van der Waals surface area (Å²) in [7, 11) is 1.54. The third-order valence-corrected chi connectivity index (χ3v) is 3.13. The maximum atomic E-state index is 11.8. The number of pyridine rings is 1. The number of benzene rings is 1. The van der Waals surface area contributed by atoms with Crippen LogP contribution in [-0.4, -0.2) is 12.1 Å². The van der Waals surface area contributed by atoms with Crippen LogP contribution in [0.25, 0.3) is 11.1 Å². The highest BCUT2D eigenvalue weighted by atomic mass is 32.1. The van der Waals surface area contributed by atoms with Crippen molar-refractivity contribution < 1.29 is 4.74 Å². The summed E-state index contributed by atoms with van der Waals surface area (Å²) in [6.07, 6.45) is 0. The third-order valence-electron chi connectivity index (χ3n) is 2.80. The van der Waals surface area contributed by atoms with Crippen molar-refractivity contribution in [1.29, 1.82) is 10.5 Å². The second-order valence-corrected chi connectivity index (χ2v) is 4.33. The molecule has 5 nitrogen and oxygen atoms in total. The van der Waals surface area contributed by atoms with Gasteiger partial charge in [-0.05, 0) is 17.7 Å². The first kappa shape index (κ1) is 13.7. The highest BCUT2D eigenvalue weighted by molar-refractivity contribution is 7.80. The lowest BCUT2D eigenvalue weighted by Gasteiger charge is -2.09. The van der Waals surface area contributed by atoms with E-state index in [-0.39, 0.29) is 21.7 Å². The molecule has 0 bridgehead atoms. The molecule has 20 heavy (non-hydrogen) atoms. The molecule has 0 saturated heterocycles. The lowest BCUT2D eigenvalue weighted by molar-refractivity contribution is 0.415. The fourth-order valence-electron chi connectivity index (χ4n) is 1.85. The van der Waals surface area contributed by atoms with E-state index in [9.17, 15) is 10.1 Å². The van der Waals surface area contributed by atoms with Crippen LogP contribution < -0.4 is 10.3 Å². The minimum absolute atomic E-state index is 0.107. The Labute approximate surface area is 120 Å². The number of hydrogen-bond acceptors (Lipinski definition) is 5. The molecule has 0 radical (unpaired) electrons. The van der Waals surface area contributed by atoms with Gasteiger partial charge in [0, 0.05) is 5.56 Å². The standard InChI is InChI=1S/C14H9N3O2S/c1-19-9-4-2-8(3-5-9)12-10(6-15)13(18)17-14(20)11(12)7-16/h2-5H,1H3,(H2,17,18,20). The number of hydrogen-bond donors (Lipinski definition) is 2. The monoisotopic (exact) mass is 283 g/mol. The Morgan fingerprint density at radius 1 is 1.15 bits per heavy atom. The van der Waals surface area contributed by atoms with Gasteiger partial charge in [0.15, 0.2) is 0 Å². The summed E-state index contributed by atoms with van der Waals surface area (Å²) >= 11 is 4.08. The lowest BCUT2D eigenvalue weighted by atomic mass is 9.97. The lowest BCUT2D eigenvalue weighted by Crippen LogP contribution is -2.14. The second-order valence-electron chi connectivity index (χ2n) is 3.88. The molecular formula is C14H9N3O2S. The molecule has 0 unspecified atom stereocenters. The van der Waals surface area contributed by atoms with Crippen molar-refractivity contribution in [3.8, 4) is 29.0 Å². The molecule has 0 amide bonds. The van der Waals surface area contributed by atoms with E-state index in [1.165, 1.54) is 7.11 Å². The van der Waals surface area contributed by atoms with Crippen LogP contribution in [-0.2, 0) is 0 Å². The summed E-state index contributed by atoms with van der Waals surface area (Å²) < 4.78 is 5.05. The third kappa shape index (κ3) is 2.25. The molecule has 0 aliphatic heterocycles. The minimum atomic E-state index is -0.567. The van der Waals surface area contributed by atoms with Gasteiger partial charge in [0.1, 0.15) is 23.5 Å². The number of nitriles is 2. The number of H-pyrrole nitrogens is 1. The van der Waals surface area contributed by atoms with Gasteiger partial charge in [-0.1, -0.05) is 12.1 Å². The summed E-state index contributed by atoms with van der Waals surface area (Å²) in [5.74, 6) is 0.640. The van der Waals surface area contributed by atoms with Crippen LogP contribution in [0, 0.1) is 22.7 Å². The summed E-state index contributed by atoms with van der Waals surface area (Å²) in [5.41, 5.74) is 0.355. The average Bonchev–Trinajstić information content (AvgIpc) is 2.46. The zero-order valence-corrected chi connectivity index (χ0v) is 11.4. The Kier molecular flexibility index (Phi) is 3.79. The predicted octanol–water partition coefficient (Wildman–Crippen LogP) is 2.08. The van der Waals surface area contributed by atoms with E-state index in [4.69, 9.17) is 10.00 Å². The molecule has 0 aliphatic rings. The van der Waals surface area contributed by atoms with Gasteiger partial charge in [0.25, 0.3) is 5.56 Å². The Morgan fingerprint density at radius 3 is 2.25 bits per heavy atom. The van der Waals surface area contributed by atoms with Gasteiger partial charge < -0.3 is 9.72 Å². The van der Waals surface area contributed by atoms with Gasteiger partial charge in [-0.3, -0.25) is 4.79 Å². The van der Waals surface area contributed by atoms with E-state index in [0.29, 0.717) is 11.3 Å². The first-order valence-corrected chi connectivity index (χ1v) is 6.01. The van der Waals surface area contributed by atoms with Gasteiger partial charge in [-0.2, -0.15) is 10.5 Å². The number of nitrogens with zero attached hydrogens (tertiary/aromatic N) is 2. The van der Waals surface area contributed by atoms with Gasteiger partial charge in [-0.25, -0.2) is 0 Å². The van der Waals surface area contributed by atoms with E-state index in [1.54, 1.807) is 24.3 Å². The number of aromatic nitrogens is 1. The van der Waals surface area contributed by atoms with Crippen molar-refractivity contribution in [2.45, 2.75) is 5.03 Å². The van der Waals surface area contributed by atoms with Crippen LogP contribution in [0.4, 0.5) is 0 Å². The number of methoxy groups -OCH3 is 1. The smallest absolute Gasteiger partial charge is 0.267 e. The fourth-order valence-corrected chi connectivity index (χ4v) is 2.11. The van der Waals surface area contributed by atoms with Gasteiger partial charge in [0.2, 0.25) is 0 Å². The van der Waals surface area contributed by atoms with E-state index < -0.39 is 5.56 Å². The van der Waals surface area contributed by atoms with Crippen molar-refractivity contribution in [2.75, 3.05) is 7.11 Å². The number of thiol groups is 1. The largest absolute Gasteiger partial charge is 0.497 e. The summed E-state index contributed by atoms with van der Waals surface area (Å²) in [6, 6.07) is 10.5. The van der Waals surface area contributed by atoms with Crippen molar-refractivity contribution in [3.05, 3.63) is 45.7 Å². The van der Waals surface area contributed by atoms with Crippen molar-refractivity contribution in [3.63, 3.8) is 0 Å². The van der Waals surface area contributed by atoms with E-state index in [0.717, 1.165) is 0 Å². The van der Waals surface area contributed by atoms with E-state index >= 15 is 0 Å². The number of nitrogens with one attached hydrogen (secondary N) is 1. The maximum Gasteiger partial charge on any atom is 0.267 e. The average molecular weight is 283 g/mol. The SMILES string of the molecule is COc1ccc(-c2c(C#N)c(S)[nH]c(=O)c2C#N)cc1. The Bertz CT molecular complexity index is 795. The Hall–Kier alpha value is -2.70. The molecule has 0 fully saturated rings. The van der Waals surface area contributed by atoms with E-state index in [1.807, 2.05) is 12.1 Å². The Morgan fingerprint density at radius 2 is 1.75 bits per heavy atom. The fraction of sp³-hybridized carbons (Fsp3) is 0.0714. The van der Waals surface area contributed by atoms with Gasteiger partial charge in [0.05, 0.1) is 17.7 Å². The topological polar surface area (TPSA) is 89.7 Å². The first-order chi connectivity index (χ1) is 9.62. The van der Waals surface area contributed by atoms with Gasteiger partial charge in [-0.15, -0.1) is 12.6 Å². The minimum Gasteiger partial charge on any atom is -0.497 e. The second kappa shape index (κ2) is 5.52. The zero-order valence-electron chi connectivity index (χ0n) is 10.5. The molecular weight excluding hydrogens is 274 g/mol. The van der Waals surface area contributed by atoms with Crippen LogP contribution in [0.1, 0.15) is 11.1 Å². The molecule has 0 spiro atoms. The molecule has 1 aromatic heterocycles. The summed E-state index contributed by atoms with van der Waals surface area (Å²) in [4.78, 5) is 14.2. The molecule has 98 valence electrons. The van der Waals surface area contributed by atoms with Crippen LogP contribution in [0.3, 0.4) is 0 Å². The number of aromatic amines is 1. The molecule has 2 aromatic rings. The summed E-state index contributed by atoms with van der Waals surface area (Å²) in [6.45, 7) is 0. The normalized spacial score (nSPS) is 9.60. The zero-order chi connectivity index (χ0) is 14.7. The Balaban J connectivity index is 2.81. The van der Waals surface area contributed by atoms with Crippen molar-refractivity contribution >= 4 is 12.6 Å². The molecule has 1 heterocycles. The highest BCUT2D eigenvalue weighted by Crippen LogP contribution is 2.29. The molecule has 6 heteroatoms. The first-order valence-electron chi connectivity index (χ1n) is 5.56. The van der Waals surface area contributed by atoms with Gasteiger partial charge >= 0.3 is 0 Å². The van der Waals surface area contributed by atoms with Crippen LogP contribution in [0.2, 0.25) is 0 Å².